The molecule has 1 aliphatic rings. The van der Waals surface area contributed by atoms with Gasteiger partial charge >= 0.3 is 0 Å². The maximum absolute atomic E-state index is 12.7. The highest BCUT2D eigenvalue weighted by Crippen LogP contribution is 2.10. The Balaban J connectivity index is 2.41. The van der Waals surface area contributed by atoms with Crippen LogP contribution in [-0.4, -0.2) is 84.9 Å². The molecule has 1 heterocycles. The number of hydrogen-bond acceptors (Lipinski definition) is 6. The van der Waals surface area contributed by atoms with Gasteiger partial charge in [-0.05, 0) is 25.7 Å². The molecule has 0 aromatic carbocycles. The molecule has 11 N–H and O–H groups in total. The number of halogens is 1. The van der Waals surface area contributed by atoms with Crippen LogP contribution in [0.1, 0.15) is 25.7 Å². The fourth-order valence-electron chi connectivity index (χ4n) is 2.97. The minimum Gasteiger partial charge on any atom is -0.370 e. The van der Waals surface area contributed by atoms with Crippen molar-refractivity contribution in [1.29, 1.82) is 0 Å². The lowest BCUT2D eigenvalue weighted by Crippen LogP contribution is -2.56. The lowest BCUT2D eigenvalue weighted by molar-refractivity contribution is -0.141. The van der Waals surface area contributed by atoms with Crippen molar-refractivity contribution in [3.05, 3.63) is 0 Å². The molecule has 0 aromatic heterocycles. The number of piperazine rings is 1. The van der Waals surface area contributed by atoms with E-state index in [0.29, 0.717) is 65.0 Å². The quantitative estimate of drug-likeness (QED) is 0.0554. The van der Waals surface area contributed by atoms with E-state index >= 15 is 0 Å². The third-order valence-electron chi connectivity index (χ3n) is 4.56. The van der Waals surface area contributed by atoms with E-state index in [2.05, 4.69) is 13.5 Å². The highest BCUT2D eigenvalue weighted by Gasteiger charge is 2.29. The molecule has 1 aliphatic heterocycles. The summed E-state index contributed by atoms with van der Waals surface area (Å²) in [5.41, 5.74) is 27.1. The predicted molar refractivity (Wildman–Crippen MR) is 122 cm³/mol. The molecule has 1 fully saturated rings. The van der Waals surface area contributed by atoms with Crippen molar-refractivity contribution in [2.45, 2.75) is 37.8 Å². The van der Waals surface area contributed by atoms with Crippen LogP contribution in [0.5, 0.6) is 0 Å². The summed E-state index contributed by atoms with van der Waals surface area (Å²) < 4.78 is 3.01. The van der Waals surface area contributed by atoms with Crippen LogP contribution in [0.4, 0.5) is 0 Å². The number of carbonyl (C=O) groups excluding carboxylic acids is 2. The van der Waals surface area contributed by atoms with E-state index < -0.39 is 6.04 Å². The number of rotatable bonds is 11. The molecular formula is C16H33IN10O2. The van der Waals surface area contributed by atoms with Gasteiger partial charge in [-0.1, -0.05) is 0 Å². The van der Waals surface area contributed by atoms with Crippen molar-refractivity contribution in [1.82, 2.24) is 13.3 Å². The third-order valence-corrected chi connectivity index (χ3v) is 5.31. The van der Waals surface area contributed by atoms with Gasteiger partial charge in [-0.3, -0.25) is 19.6 Å². The maximum Gasteiger partial charge on any atom is 0.240 e. The van der Waals surface area contributed by atoms with Crippen molar-refractivity contribution in [3.8, 4) is 0 Å². The molecule has 166 valence electrons. The fraction of sp³-hybridized carbons (Fsp3) is 0.750. The van der Waals surface area contributed by atoms with Crippen molar-refractivity contribution in [2.24, 2.45) is 38.7 Å². The van der Waals surface area contributed by atoms with Gasteiger partial charge in [0, 0.05) is 62.1 Å². The van der Waals surface area contributed by atoms with Gasteiger partial charge in [-0.25, -0.2) is 3.53 Å². The molecule has 1 saturated heterocycles. The number of nitrogens with one attached hydrogen (secondary N) is 1. The Morgan fingerprint density at radius 2 is 1.31 bits per heavy atom. The first kappa shape index (κ1) is 25.2. The van der Waals surface area contributed by atoms with Gasteiger partial charge in [-0.2, -0.15) is 0 Å². The highest BCUT2D eigenvalue weighted by atomic mass is 127. The molecule has 0 radical (unpaired) electrons. The molecule has 13 heteroatoms. The van der Waals surface area contributed by atoms with Gasteiger partial charge in [0.2, 0.25) is 11.8 Å². The Morgan fingerprint density at radius 3 is 1.76 bits per heavy atom. The predicted octanol–water partition coefficient (Wildman–Crippen LogP) is -2.60. The molecule has 0 spiro atoms. The number of carbonyl (C=O) groups is 2. The minimum absolute atomic E-state index is 0.0118. The smallest absolute Gasteiger partial charge is 0.240 e. The lowest BCUT2D eigenvalue weighted by Gasteiger charge is -2.37. The largest absolute Gasteiger partial charge is 0.370 e. The Hall–Kier alpha value is -1.87. The van der Waals surface area contributed by atoms with Crippen LogP contribution in [0.2, 0.25) is 0 Å². The van der Waals surface area contributed by atoms with Crippen LogP contribution >= 0.6 is 22.9 Å². The Labute approximate surface area is 185 Å². The number of nitrogens with zero attached hydrogens (tertiary/aromatic N) is 4. The topological polar surface area (TPSA) is 207 Å². The number of guanidine groups is 2. The average molecular weight is 524 g/mol. The zero-order chi connectivity index (χ0) is 21.8. The summed E-state index contributed by atoms with van der Waals surface area (Å²) in [6, 6.07) is -0.907. The summed E-state index contributed by atoms with van der Waals surface area (Å²) >= 11 is 1.98. The van der Waals surface area contributed by atoms with Crippen LogP contribution in [-0.2, 0) is 9.59 Å². The second-order valence-electron chi connectivity index (χ2n) is 6.82. The Bertz CT molecular complexity index is 584. The van der Waals surface area contributed by atoms with Crippen LogP contribution in [0.3, 0.4) is 0 Å². The second kappa shape index (κ2) is 13.4. The van der Waals surface area contributed by atoms with Gasteiger partial charge in [-0.15, -0.1) is 0 Å². The summed E-state index contributed by atoms with van der Waals surface area (Å²) in [4.78, 5) is 36.5. The molecule has 29 heavy (non-hydrogen) atoms. The van der Waals surface area contributed by atoms with E-state index in [9.17, 15) is 9.59 Å². The standard InChI is InChI=1S/C16H33IN10O2/c17-25-12(4-2-6-24-16(21)22)14(29)27-9-7-26(8-10-27)13(28)11(18)3-1-5-23-15(19)20/h11-12,25H,1-10,18H2,(H4,19,20,23)(H4,21,22,24)/t11-,12-/m0/s1. The summed E-state index contributed by atoms with van der Waals surface area (Å²) in [7, 11) is 0. The first-order chi connectivity index (χ1) is 13.8. The van der Waals surface area contributed by atoms with Crippen molar-refractivity contribution in [2.75, 3.05) is 39.3 Å². The van der Waals surface area contributed by atoms with Gasteiger partial charge in [0.25, 0.3) is 0 Å². The van der Waals surface area contributed by atoms with Crippen LogP contribution < -0.4 is 32.2 Å². The third kappa shape index (κ3) is 9.45. The van der Waals surface area contributed by atoms with Gasteiger partial charge < -0.3 is 38.5 Å². The minimum atomic E-state index is -0.592. The summed E-state index contributed by atoms with van der Waals surface area (Å²) in [6.45, 7) is 2.82. The molecular weight excluding hydrogens is 491 g/mol. The zero-order valence-corrected chi connectivity index (χ0v) is 18.8. The van der Waals surface area contributed by atoms with E-state index in [1.165, 1.54) is 0 Å². The first-order valence-electron chi connectivity index (χ1n) is 9.56. The van der Waals surface area contributed by atoms with Crippen LogP contribution in [0.15, 0.2) is 9.98 Å². The zero-order valence-electron chi connectivity index (χ0n) is 16.6. The van der Waals surface area contributed by atoms with Crippen LogP contribution in [0, 0.1) is 0 Å². The summed E-state index contributed by atoms with van der Waals surface area (Å²) in [5, 5.41) is 0. The molecule has 0 saturated carbocycles. The van der Waals surface area contributed by atoms with Crippen molar-refractivity contribution < 1.29 is 9.59 Å². The van der Waals surface area contributed by atoms with Crippen LogP contribution in [0.25, 0.3) is 0 Å². The SMILES string of the molecule is NC(N)=NCCC[C@H](NI)C(=O)N1CCN(C(=O)[C@@H](N)CCCN=C(N)N)CC1. The molecule has 1 rings (SSSR count). The molecule has 12 nitrogen and oxygen atoms in total. The number of nitrogens with two attached hydrogens (primary N) is 5. The first-order valence-corrected chi connectivity index (χ1v) is 10.6. The highest BCUT2D eigenvalue weighted by molar-refractivity contribution is 14.1. The monoisotopic (exact) mass is 524 g/mol. The second-order valence-corrected chi connectivity index (χ2v) is 7.44. The van der Waals surface area contributed by atoms with E-state index in [0.717, 1.165) is 0 Å². The number of amides is 2. The van der Waals surface area contributed by atoms with E-state index in [1.54, 1.807) is 9.80 Å². The summed E-state index contributed by atoms with van der Waals surface area (Å²) in [6.07, 6.45) is 2.45. The van der Waals surface area contributed by atoms with Gasteiger partial charge in [0.05, 0.1) is 12.1 Å². The molecule has 0 aliphatic carbocycles. The number of aliphatic imine (C=N–C) groups is 2. The van der Waals surface area contributed by atoms with E-state index in [4.69, 9.17) is 28.7 Å². The Morgan fingerprint density at radius 1 is 0.862 bits per heavy atom. The summed E-state index contributed by atoms with van der Waals surface area (Å²) in [5.74, 6) is -0.0212. The Kier molecular flexibility index (Phi) is 11.6. The van der Waals surface area contributed by atoms with Crippen molar-refractivity contribution in [3.63, 3.8) is 0 Å². The van der Waals surface area contributed by atoms with Gasteiger partial charge in [0.15, 0.2) is 11.9 Å². The normalized spacial score (nSPS) is 16.1. The molecule has 0 aromatic rings. The fourth-order valence-corrected chi connectivity index (χ4v) is 3.55. The average Bonchev–Trinajstić information content (AvgIpc) is 2.70. The molecule has 2 atom stereocenters. The molecule has 0 bridgehead atoms. The van der Waals surface area contributed by atoms with Crippen molar-refractivity contribution >= 4 is 46.6 Å². The molecule has 2 amide bonds. The maximum atomic E-state index is 12.7. The number of hydrogen-bond donors (Lipinski definition) is 6. The van der Waals surface area contributed by atoms with E-state index in [-0.39, 0.29) is 29.8 Å². The van der Waals surface area contributed by atoms with E-state index in [1.807, 2.05) is 22.9 Å². The lowest BCUT2D eigenvalue weighted by atomic mass is 10.1. The molecule has 0 unspecified atom stereocenters. The van der Waals surface area contributed by atoms with Gasteiger partial charge in [0.1, 0.15) is 0 Å².